The van der Waals surface area contributed by atoms with Crippen molar-refractivity contribution in [2.75, 3.05) is 12.4 Å². The number of hydrogen-bond acceptors (Lipinski definition) is 7. The fourth-order valence-corrected chi connectivity index (χ4v) is 3.32. The van der Waals surface area contributed by atoms with Gasteiger partial charge >= 0.3 is 11.7 Å². The number of aliphatic hydroxyl groups excluding tert-OH is 1. The number of hydrogen-bond donors (Lipinski definition) is 3. The van der Waals surface area contributed by atoms with Crippen LogP contribution in [0.4, 0.5) is 0 Å². The molecule has 0 aliphatic rings. The van der Waals surface area contributed by atoms with E-state index < -0.39 is 23.3 Å². The summed E-state index contributed by atoms with van der Waals surface area (Å²) in [6.45, 7) is -0.108. The van der Waals surface area contributed by atoms with Crippen LogP contribution in [0.5, 0.6) is 5.75 Å². The molecular formula is C17H18N4O6S. The molecule has 0 bridgehead atoms. The average Bonchev–Trinajstić information content (AvgIpc) is 3.02. The maximum Gasteiger partial charge on any atom is 0.329 e. The van der Waals surface area contributed by atoms with Gasteiger partial charge in [0.15, 0.2) is 16.3 Å². The summed E-state index contributed by atoms with van der Waals surface area (Å²) in [6.07, 6.45) is -1.00. The zero-order valence-electron chi connectivity index (χ0n) is 14.9. The maximum absolute atomic E-state index is 12.3. The Morgan fingerprint density at radius 2 is 2.04 bits per heavy atom. The zero-order chi connectivity index (χ0) is 20.3. The van der Waals surface area contributed by atoms with Crippen LogP contribution in [0.3, 0.4) is 0 Å². The number of benzene rings is 1. The maximum atomic E-state index is 12.3. The number of thioether (sulfide) groups is 1. The molecule has 0 spiro atoms. The lowest BCUT2D eigenvalue weighted by molar-refractivity contribution is -0.133. The number of ether oxygens (including phenoxy) is 1. The first-order valence-corrected chi connectivity index (χ1v) is 9.25. The number of carbonyl (C=O) groups is 1. The number of aliphatic carboxylic acids is 1. The number of aromatic amines is 1. The van der Waals surface area contributed by atoms with Crippen LogP contribution in [0.1, 0.15) is 0 Å². The summed E-state index contributed by atoms with van der Waals surface area (Å²) in [4.78, 5) is 41.5. The van der Waals surface area contributed by atoms with Gasteiger partial charge in [0, 0.05) is 7.05 Å². The highest BCUT2D eigenvalue weighted by Crippen LogP contribution is 2.22. The predicted molar refractivity (Wildman–Crippen MR) is 102 cm³/mol. The number of aromatic nitrogens is 4. The number of nitrogens with one attached hydrogen (secondary N) is 1. The van der Waals surface area contributed by atoms with Crippen LogP contribution in [-0.4, -0.2) is 53.7 Å². The van der Waals surface area contributed by atoms with Crippen molar-refractivity contribution >= 4 is 28.9 Å². The molecule has 0 saturated heterocycles. The van der Waals surface area contributed by atoms with Crippen molar-refractivity contribution in [3.8, 4) is 5.75 Å². The van der Waals surface area contributed by atoms with Gasteiger partial charge in [0.1, 0.15) is 18.5 Å². The van der Waals surface area contributed by atoms with E-state index in [0.717, 1.165) is 16.3 Å². The van der Waals surface area contributed by atoms with E-state index in [0.29, 0.717) is 5.75 Å². The number of para-hydroxylation sites is 1. The number of carboxylic acids is 1. The Kier molecular flexibility index (Phi) is 5.85. The molecule has 10 nitrogen and oxygen atoms in total. The Bertz CT molecular complexity index is 1100. The van der Waals surface area contributed by atoms with Gasteiger partial charge in [0.25, 0.3) is 5.56 Å². The molecule has 3 rings (SSSR count). The van der Waals surface area contributed by atoms with E-state index in [4.69, 9.17) is 9.84 Å². The van der Waals surface area contributed by atoms with E-state index in [9.17, 15) is 19.5 Å². The number of fused-ring (bicyclic) bond motifs is 1. The van der Waals surface area contributed by atoms with Crippen molar-refractivity contribution in [3.05, 3.63) is 51.2 Å². The first-order valence-electron chi connectivity index (χ1n) is 8.27. The van der Waals surface area contributed by atoms with Crippen LogP contribution in [0.2, 0.25) is 0 Å². The van der Waals surface area contributed by atoms with Crippen LogP contribution in [0, 0.1) is 0 Å². The second-order valence-electron chi connectivity index (χ2n) is 5.96. The standard InChI is InChI=1S/C17H18N4O6S/c1-20-14-13(15(25)19-16(20)26)21(17(18-14)28-9-12(23)24)7-10(22)8-27-11-5-3-2-4-6-11/h2-6,10,22H,7-9H2,1H3,(H,23,24)(H,19,25,26)/t10-/m0/s1. The summed E-state index contributed by atoms with van der Waals surface area (Å²) < 4.78 is 8.07. The molecule has 148 valence electrons. The SMILES string of the molecule is Cn1c(=O)[nH]c(=O)c2c1nc(SCC(=O)O)n2C[C@H](O)COc1ccccc1. The Balaban J connectivity index is 1.91. The topological polar surface area (TPSA) is 139 Å². The van der Waals surface area contributed by atoms with Crippen molar-refractivity contribution in [2.24, 2.45) is 7.05 Å². The predicted octanol–water partition coefficient (Wildman–Crippen LogP) is 0.0399. The summed E-state index contributed by atoms with van der Waals surface area (Å²) in [5, 5.41) is 19.5. The monoisotopic (exact) mass is 406 g/mol. The molecular weight excluding hydrogens is 388 g/mol. The van der Waals surface area contributed by atoms with E-state index >= 15 is 0 Å². The highest BCUT2D eigenvalue weighted by atomic mass is 32.2. The summed E-state index contributed by atoms with van der Waals surface area (Å²) in [7, 11) is 1.44. The minimum Gasteiger partial charge on any atom is -0.491 e. The number of nitrogens with zero attached hydrogens (tertiary/aromatic N) is 3. The van der Waals surface area contributed by atoms with Crippen LogP contribution < -0.4 is 16.0 Å². The van der Waals surface area contributed by atoms with Gasteiger partial charge in [-0.05, 0) is 12.1 Å². The molecule has 0 aliphatic heterocycles. The summed E-state index contributed by atoms with van der Waals surface area (Å²) in [5.41, 5.74) is -1.11. The van der Waals surface area contributed by atoms with Crippen molar-refractivity contribution in [1.82, 2.24) is 19.1 Å². The third-order valence-electron chi connectivity index (χ3n) is 3.88. The van der Waals surface area contributed by atoms with E-state index in [-0.39, 0.29) is 35.2 Å². The number of rotatable bonds is 8. The Morgan fingerprint density at radius 3 is 2.71 bits per heavy atom. The number of carboxylic acid groups (broad SMARTS) is 1. The van der Waals surface area contributed by atoms with Crippen molar-refractivity contribution in [3.63, 3.8) is 0 Å². The first-order chi connectivity index (χ1) is 13.4. The Hall–Kier alpha value is -3.05. The number of aliphatic hydroxyl groups is 1. The average molecular weight is 406 g/mol. The van der Waals surface area contributed by atoms with Gasteiger partial charge in [-0.25, -0.2) is 9.78 Å². The molecule has 0 fully saturated rings. The largest absolute Gasteiger partial charge is 0.491 e. The molecule has 2 aromatic heterocycles. The number of imidazole rings is 1. The molecule has 1 atom stereocenters. The van der Waals surface area contributed by atoms with Gasteiger partial charge in [-0.3, -0.25) is 19.1 Å². The van der Waals surface area contributed by atoms with E-state index in [2.05, 4.69) is 9.97 Å². The van der Waals surface area contributed by atoms with Crippen LogP contribution in [-0.2, 0) is 18.4 Å². The minimum absolute atomic E-state index is 0.0452. The third-order valence-corrected chi connectivity index (χ3v) is 4.84. The first kappa shape index (κ1) is 19.7. The van der Waals surface area contributed by atoms with E-state index in [1.54, 1.807) is 24.3 Å². The Labute approximate surface area is 162 Å². The Morgan fingerprint density at radius 1 is 1.32 bits per heavy atom. The lowest BCUT2D eigenvalue weighted by Crippen LogP contribution is -2.30. The molecule has 3 aromatic rings. The summed E-state index contributed by atoms with van der Waals surface area (Å²) in [6, 6.07) is 8.92. The van der Waals surface area contributed by atoms with Crippen LogP contribution in [0.25, 0.3) is 11.2 Å². The van der Waals surface area contributed by atoms with Gasteiger partial charge in [-0.2, -0.15) is 0 Å². The third kappa shape index (κ3) is 4.26. The highest BCUT2D eigenvalue weighted by molar-refractivity contribution is 7.99. The summed E-state index contributed by atoms with van der Waals surface area (Å²) >= 11 is 0.893. The van der Waals surface area contributed by atoms with Crippen molar-refractivity contribution < 1.29 is 19.7 Å². The van der Waals surface area contributed by atoms with Gasteiger partial charge in [-0.1, -0.05) is 30.0 Å². The van der Waals surface area contributed by atoms with Gasteiger partial charge in [-0.15, -0.1) is 0 Å². The zero-order valence-corrected chi connectivity index (χ0v) is 15.7. The molecule has 0 amide bonds. The molecule has 0 saturated carbocycles. The van der Waals surface area contributed by atoms with Crippen molar-refractivity contribution in [1.29, 1.82) is 0 Å². The number of aryl methyl sites for hydroxylation is 1. The fourth-order valence-electron chi connectivity index (χ4n) is 2.59. The van der Waals surface area contributed by atoms with Gasteiger partial charge < -0.3 is 19.5 Å². The molecule has 11 heteroatoms. The second kappa shape index (κ2) is 8.31. The van der Waals surface area contributed by atoms with Crippen LogP contribution >= 0.6 is 11.8 Å². The normalized spacial score (nSPS) is 12.2. The van der Waals surface area contributed by atoms with Crippen LogP contribution in [0.15, 0.2) is 45.1 Å². The highest BCUT2D eigenvalue weighted by Gasteiger charge is 2.20. The van der Waals surface area contributed by atoms with Crippen molar-refractivity contribution in [2.45, 2.75) is 17.8 Å². The smallest absolute Gasteiger partial charge is 0.329 e. The molecule has 28 heavy (non-hydrogen) atoms. The molecule has 1 aromatic carbocycles. The molecule has 2 heterocycles. The van der Waals surface area contributed by atoms with Gasteiger partial charge in [0.05, 0.1) is 12.3 Å². The quantitative estimate of drug-likeness (QED) is 0.446. The minimum atomic E-state index is -1.06. The second-order valence-corrected chi connectivity index (χ2v) is 6.90. The lowest BCUT2D eigenvalue weighted by atomic mass is 10.3. The molecule has 0 unspecified atom stereocenters. The fraction of sp³-hybridized carbons (Fsp3) is 0.294. The summed E-state index contributed by atoms with van der Waals surface area (Å²) in [5.74, 6) is -0.761. The molecule has 0 aliphatic carbocycles. The molecule has 3 N–H and O–H groups in total. The molecule has 0 radical (unpaired) electrons. The number of H-pyrrole nitrogens is 1. The lowest BCUT2D eigenvalue weighted by Gasteiger charge is -2.15. The van der Waals surface area contributed by atoms with E-state index in [1.807, 2.05) is 6.07 Å². The van der Waals surface area contributed by atoms with Gasteiger partial charge in [0.2, 0.25) is 0 Å². The van der Waals surface area contributed by atoms with E-state index in [1.165, 1.54) is 11.6 Å².